The number of amides is 1. The Morgan fingerprint density at radius 3 is 1.19 bits per heavy atom. The first kappa shape index (κ1) is 65.1. The highest BCUT2D eigenvalue weighted by atomic mass is 16.5. The molecule has 0 fully saturated rings. The number of aliphatic hydroxyl groups excluding tert-OH is 2. The van der Waals surface area contributed by atoms with Crippen molar-refractivity contribution in [1.29, 1.82) is 0 Å². The zero-order chi connectivity index (χ0) is 48.6. The summed E-state index contributed by atoms with van der Waals surface area (Å²) in [5.41, 5.74) is 0. The zero-order valence-electron chi connectivity index (χ0n) is 44.9. The molecule has 6 heteroatoms. The fraction of sp³-hybridized carbons (Fsp3) is 0.869. The highest BCUT2D eigenvalue weighted by molar-refractivity contribution is 5.76. The van der Waals surface area contributed by atoms with Crippen LogP contribution in [0.5, 0.6) is 0 Å². The SMILES string of the molecule is CCCCCC/C=C\C/C=C\CCCCCCCC(=O)OCCCCCC/C=C\CCCC(=O)NC(CO)C(O)CCCCCCCCCCCCCCCCCCCCCCCCCCC. The van der Waals surface area contributed by atoms with Gasteiger partial charge in [-0.1, -0.05) is 262 Å². The maximum absolute atomic E-state index is 12.5. The highest BCUT2D eigenvalue weighted by Gasteiger charge is 2.20. The van der Waals surface area contributed by atoms with Crippen LogP contribution in [0.4, 0.5) is 0 Å². The molecule has 0 heterocycles. The summed E-state index contributed by atoms with van der Waals surface area (Å²) in [6.07, 6.45) is 70.1. The molecular weight excluding hydrogens is 827 g/mol. The van der Waals surface area contributed by atoms with Gasteiger partial charge in [0.1, 0.15) is 0 Å². The standard InChI is InChI=1S/C61H115NO5/c1-3-5-7-9-11-13-15-17-19-21-22-23-24-25-26-27-28-29-30-32-34-37-41-45-49-53-59(64)58(57-63)62-60(65)54-50-46-42-38-36-40-44-48-52-56-67-61(66)55-51-47-43-39-35-33-31-20-18-16-14-12-10-8-6-4-2/h14,16,20,31,38,42,58-59,63-64H,3-13,15,17-19,21-30,32-37,39-41,43-57H2,1-2H3,(H,62,65)/b16-14-,31-20-,42-38-. The first-order valence-corrected chi connectivity index (χ1v) is 29.7. The van der Waals surface area contributed by atoms with Crippen molar-refractivity contribution >= 4 is 11.9 Å². The van der Waals surface area contributed by atoms with E-state index < -0.39 is 12.1 Å². The van der Waals surface area contributed by atoms with Crippen molar-refractivity contribution in [3.05, 3.63) is 36.5 Å². The van der Waals surface area contributed by atoms with Crippen molar-refractivity contribution in [2.45, 2.75) is 328 Å². The molecule has 2 unspecified atom stereocenters. The van der Waals surface area contributed by atoms with Crippen LogP contribution in [0.3, 0.4) is 0 Å². The maximum Gasteiger partial charge on any atom is 0.305 e. The van der Waals surface area contributed by atoms with Gasteiger partial charge in [-0.05, 0) is 77.0 Å². The molecule has 0 aliphatic carbocycles. The quantitative estimate of drug-likeness (QED) is 0.0321. The van der Waals surface area contributed by atoms with Gasteiger partial charge in [-0.3, -0.25) is 9.59 Å². The minimum absolute atomic E-state index is 0.0483. The number of aliphatic hydroxyl groups is 2. The lowest BCUT2D eigenvalue weighted by molar-refractivity contribution is -0.143. The normalized spacial score (nSPS) is 12.8. The Labute approximate surface area is 417 Å². The topological polar surface area (TPSA) is 95.9 Å². The lowest BCUT2D eigenvalue weighted by Crippen LogP contribution is -2.45. The number of allylic oxidation sites excluding steroid dienone is 6. The van der Waals surface area contributed by atoms with Gasteiger partial charge in [0.2, 0.25) is 5.91 Å². The Hall–Kier alpha value is -1.92. The Kier molecular flexibility index (Phi) is 55.0. The largest absolute Gasteiger partial charge is 0.466 e. The molecular formula is C61H115NO5. The Balaban J connectivity index is 3.52. The third-order valence-electron chi connectivity index (χ3n) is 13.7. The van der Waals surface area contributed by atoms with Crippen LogP contribution in [-0.2, 0) is 14.3 Å². The summed E-state index contributed by atoms with van der Waals surface area (Å²) in [6.45, 7) is 4.85. The van der Waals surface area contributed by atoms with Crippen LogP contribution in [0, 0.1) is 0 Å². The lowest BCUT2D eigenvalue weighted by Gasteiger charge is -2.22. The monoisotopic (exact) mass is 942 g/mol. The van der Waals surface area contributed by atoms with Crippen molar-refractivity contribution in [2.75, 3.05) is 13.2 Å². The second kappa shape index (κ2) is 56.7. The van der Waals surface area contributed by atoms with E-state index in [1.807, 2.05) is 0 Å². The number of esters is 1. The molecule has 0 aromatic heterocycles. The molecule has 0 spiro atoms. The van der Waals surface area contributed by atoms with E-state index in [0.717, 1.165) is 83.5 Å². The molecule has 0 rings (SSSR count). The number of ether oxygens (including phenoxy) is 1. The molecule has 6 nitrogen and oxygen atoms in total. The van der Waals surface area contributed by atoms with Gasteiger partial charge in [0.05, 0.1) is 25.4 Å². The van der Waals surface area contributed by atoms with Crippen LogP contribution in [0.2, 0.25) is 0 Å². The Bertz CT molecular complexity index is 1090. The van der Waals surface area contributed by atoms with E-state index in [1.165, 1.54) is 199 Å². The smallest absolute Gasteiger partial charge is 0.305 e. The Morgan fingerprint density at radius 1 is 0.418 bits per heavy atom. The van der Waals surface area contributed by atoms with Crippen LogP contribution in [0.15, 0.2) is 36.5 Å². The predicted molar refractivity (Wildman–Crippen MR) is 292 cm³/mol. The third kappa shape index (κ3) is 53.3. The fourth-order valence-electron chi connectivity index (χ4n) is 9.09. The fourth-order valence-corrected chi connectivity index (χ4v) is 9.09. The van der Waals surface area contributed by atoms with Gasteiger partial charge in [0.25, 0.3) is 0 Å². The number of unbranched alkanes of at least 4 members (excludes halogenated alkanes) is 38. The van der Waals surface area contributed by atoms with Crippen molar-refractivity contribution in [3.63, 3.8) is 0 Å². The van der Waals surface area contributed by atoms with E-state index in [0.29, 0.717) is 25.9 Å². The highest BCUT2D eigenvalue weighted by Crippen LogP contribution is 2.17. The van der Waals surface area contributed by atoms with Gasteiger partial charge in [-0.15, -0.1) is 0 Å². The second-order valence-corrected chi connectivity index (χ2v) is 20.3. The molecule has 0 aromatic carbocycles. The molecule has 2 atom stereocenters. The minimum atomic E-state index is -0.698. The molecule has 0 radical (unpaired) electrons. The van der Waals surface area contributed by atoms with Crippen molar-refractivity contribution in [2.24, 2.45) is 0 Å². The molecule has 0 saturated carbocycles. The Morgan fingerprint density at radius 2 is 0.761 bits per heavy atom. The number of nitrogens with one attached hydrogen (secondary N) is 1. The van der Waals surface area contributed by atoms with E-state index in [4.69, 9.17) is 4.74 Å². The van der Waals surface area contributed by atoms with Crippen molar-refractivity contribution in [3.8, 4) is 0 Å². The molecule has 0 bridgehead atoms. The maximum atomic E-state index is 12.5. The van der Waals surface area contributed by atoms with E-state index >= 15 is 0 Å². The number of hydrogen-bond donors (Lipinski definition) is 3. The number of hydrogen-bond acceptors (Lipinski definition) is 5. The molecule has 0 aliphatic rings. The van der Waals surface area contributed by atoms with Crippen LogP contribution in [0.1, 0.15) is 316 Å². The van der Waals surface area contributed by atoms with Crippen LogP contribution >= 0.6 is 0 Å². The van der Waals surface area contributed by atoms with Gasteiger partial charge in [0.15, 0.2) is 0 Å². The summed E-state index contributed by atoms with van der Waals surface area (Å²) in [5, 5.41) is 23.3. The van der Waals surface area contributed by atoms with E-state index in [9.17, 15) is 19.8 Å². The molecule has 3 N–H and O–H groups in total. The van der Waals surface area contributed by atoms with Gasteiger partial charge >= 0.3 is 5.97 Å². The minimum Gasteiger partial charge on any atom is -0.466 e. The molecule has 1 amide bonds. The molecule has 0 aromatic rings. The van der Waals surface area contributed by atoms with Crippen LogP contribution in [-0.4, -0.2) is 47.4 Å². The van der Waals surface area contributed by atoms with Crippen molar-refractivity contribution < 1.29 is 24.5 Å². The van der Waals surface area contributed by atoms with Gasteiger partial charge in [-0.2, -0.15) is 0 Å². The summed E-state index contributed by atoms with van der Waals surface area (Å²) in [6, 6.07) is -0.582. The summed E-state index contributed by atoms with van der Waals surface area (Å²) >= 11 is 0. The summed E-state index contributed by atoms with van der Waals surface area (Å²) in [7, 11) is 0. The van der Waals surface area contributed by atoms with Gasteiger partial charge < -0.3 is 20.3 Å². The lowest BCUT2D eigenvalue weighted by atomic mass is 10.0. The van der Waals surface area contributed by atoms with E-state index in [2.05, 4.69) is 55.6 Å². The third-order valence-corrected chi connectivity index (χ3v) is 13.7. The van der Waals surface area contributed by atoms with E-state index in [1.54, 1.807) is 0 Å². The number of carbonyl (C=O) groups is 2. The molecule has 0 saturated heterocycles. The summed E-state index contributed by atoms with van der Waals surface area (Å²) in [5.74, 6) is -0.143. The summed E-state index contributed by atoms with van der Waals surface area (Å²) < 4.78 is 5.44. The first-order valence-electron chi connectivity index (χ1n) is 29.7. The van der Waals surface area contributed by atoms with Gasteiger partial charge in [-0.25, -0.2) is 0 Å². The molecule has 67 heavy (non-hydrogen) atoms. The number of rotatable bonds is 55. The predicted octanol–water partition coefficient (Wildman–Crippen LogP) is 18.4. The molecule has 394 valence electrons. The first-order chi connectivity index (χ1) is 33.0. The molecule has 0 aliphatic heterocycles. The summed E-state index contributed by atoms with van der Waals surface area (Å²) in [4.78, 5) is 24.5. The van der Waals surface area contributed by atoms with Gasteiger partial charge in [0, 0.05) is 12.8 Å². The van der Waals surface area contributed by atoms with Crippen LogP contribution < -0.4 is 5.32 Å². The van der Waals surface area contributed by atoms with Crippen molar-refractivity contribution in [1.82, 2.24) is 5.32 Å². The van der Waals surface area contributed by atoms with E-state index in [-0.39, 0.29) is 18.5 Å². The average Bonchev–Trinajstić information content (AvgIpc) is 3.33. The average molecular weight is 943 g/mol. The number of carbonyl (C=O) groups excluding carboxylic acids is 2. The second-order valence-electron chi connectivity index (χ2n) is 20.3. The zero-order valence-corrected chi connectivity index (χ0v) is 44.9. The van der Waals surface area contributed by atoms with Crippen LogP contribution in [0.25, 0.3) is 0 Å².